The van der Waals surface area contributed by atoms with Crippen LogP contribution in [0, 0.1) is 5.92 Å². The Balaban J connectivity index is 1.44. The summed E-state index contributed by atoms with van der Waals surface area (Å²) < 4.78 is 1.91. The number of rotatable bonds is 7. The smallest absolute Gasteiger partial charge is 0.323 e. The molecular formula is C29H28N2O3. The molecule has 0 aliphatic heterocycles. The fourth-order valence-electron chi connectivity index (χ4n) is 5.21. The Morgan fingerprint density at radius 1 is 0.912 bits per heavy atom. The van der Waals surface area contributed by atoms with Crippen LogP contribution >= 0.6 is 0 Å². The molecule has 1 aliphatic carbocycles. The topological polar surface area (TPSA) is 62.5 Å². The number of carboxylic acid groups (broad SMARTS) is 1. The van der Waals surface area contributed by atoms with E-state index in [1.165, 1.54) is 5.56 Å². The van der Waals surface area contributed by atoms with E-state index < -0.39 is 5.97 Å². The number of nitrogens with zero attached hydrogens (tertiary/aromatic N) is 2. The first-order valence-electron chi connectivity index (χ1n) is 11.8. The minimum atomic E-state index is -0.849. The number of anilines is 1. The Bertz CT molecular complexity index is 1310. The SMILES string of the molecule is O=C(O)Cn1c2c(c3ccccc31)CC(C(=O)N(CCc1ccccc1)c1ccccc1)CC2. The van der Waals surface area contributed by atoms with Crippen molar-refractivity contribution in [2.45, 2.75) is 32.2 Å². The van der Waals surface area contributed by atoms with Crippen LogP contribution in [0.5, 0.6) is 0 Å². The number of carbonyl (C=O) groups is 2. The molecule has 5 nitrogen and oxygen atoms in total. The van der Waals surface area contributed by atoms with Crippen LogP contribution < -0.4 is 4.90 Å². The maximum atomic E-state index is 13.9. The van der Waals surface area contributed by atoms with Gasteiger partial charge in [0.1, 0.15) is 6.54 Å². The number of fused-ring (bicyclic) bond motifs is 3. The Morgan fingerprint density at radius 3 is 2.32 bits per heavy atom. The third-order valence-corrected chi connectivity index (χ3v) is 6.82. The fourth-order valence-corrected chi connectivity index (χ4v) is 5.21. The Labute approximate surface area is 199 Å². The molecule has 172 valence electrons. The summed E-state index contributed by atoms with van der Waals surface area (Å²) in [6, 6.07) is 28.1. The zero-order chi connectivity index (χ0) is 23.5. The van der Waals surface area contributed by atoms with E-state index in [0.29, 0.717) is 19.4 Å². The highest BCUT2D eigenvalue weighted by atomic mass is 16.4. The predicted octanol–water partition coefficient (Wildman–Crippen LogP) is 5.11. The van der Waals surface area contributed by atoms with Crippen LogP contribution in [0.15, 0.2) is 84.9 Å². The number of amides is 1. The predicted molar refractivity (Wildman–Crippen MR) is 134 cm³/mol. The Morgan fingerprint density at radius 2 is 1.59 bits per heavy atom. The molecular weight excluding hydrogens is 424 g/mol. The Hall–Kier alpha value is -3.86. The molecule has 34 heavy (non-hydrogen) atoms. The third kappa shape index (κ3) is 4.34. The van der Waals surface area contributed by atoms with Crippen molar-refractivity contribution in [3.63, 3.8) is 0 Å². The van der Waals surface area contributed by atoms with Crippen LogP contribution in [0.25, 0.3) is 10.9 Å². The van der Waals surface area contributed by atoms with Gasteiger partial charge in [0.15, 0.2) is 0 Å². The van der Waals surface area contributed by atoms with Crippen LogP contribution in [0.1, 0.15) is 23.2 Å². The summed E-state index contributed by atoms with van der Waals surface area (Å²) in [7, 11) is 0. The van der Waals surface area contributed by atoms with Gasteiger partial charge in [-0.1, -0.05) is 66.7 Å². The molecule has 3 aromatic carbocycles. The van der Waals surface area contributed by atoms with Gasteiger partial charge in [-0.3, -0.25) is 9.59 Å². The van der Waals surface area contributed by atoms with Gasteiger partial charge >= 0.3 is 5.97 Å². The quantitative estimate of drug-likeness (QED) is 0.424. The van der Waals surface area contributed by atoms with Crippen molar-refractivity contribution in [2.75, 3.05) is 11.4 Å². The first kappa shape index (κ1) is 22.0. The largest absolute Gasteiger partial charge is 0.480 e. The molecule has 1 atom stereocenters. The zero-order valence-electron chi connectivity index (χ0n) is 19.1. The molecule has 1 heterocycles. The molecule has 4 aromatic rings. The number of hydrogen-bond donors (Lipinski definition) is 1. The molecule has 1 aromatic heterocycles. The van der Waals surface area contributed by atoms with Gasteiger partial charge in [-0.05, 0) is 55.0 Å². The monoisotopic (exact) mass is 452 g/mol. The maximum Gasteiger partial charge on any atom is 0.323 e. The second-order valence-corrected chi connectivity index (χ2v) is 8.92. The lowest BCUT2D eigenvalue weighted by molar-refractivity contribution is -0.137. The number of aromatic nitrogens is 1. The van der Waals surface area contributed by atoms with Gasteiger partial charge in [0, 0.05) is 34.7 Å². The first-order valence-corrected chi connectivity index (χ1v) is 11.8. The molecule has 5 rings (SSSR count). The highest BCUT2D eigenvalue weighted by Gasteiger charge is 2.32. The van der Waals surface area contributed by atoms with Gasteiger partial charge in [-0.15, -0.1) is 0 Å². The molecule has 1 unspecified atom stereocenters. The highest BCUT2D eigenvalue weighted by Crippen LogP contribution is 2.35. The van der Waals surface area contributed by atoms with Gasteiger partial charge in [0.05, 0.1) is 0 Å². The van der Waals surface area contributed by atoms with Crippen molar-refractivity contribution < 1.29 is 14.7 Å². The second-order valence-electron chi connectivity index (χ2n) is 8.92. The van der Waals surface area contributed by atoms with E-state index in [1.807, 2.05) is 82.3 Å². The van der Waals surface area contributed by atoms with E-state index in [9.17, 15) is 14.7 Å². The summed E-state index contributed by atoms with van der Waals surface area (Å²) in [5.41, 5.74) is 5.24. The maximum absolute atomic E-state index is 13.9. The molecule has 1 N–H and O–H groups in total. The fraction of sp³-hybridized carbons (Fsp3) is 0.241. The lowest BCUT2D eigenvalue weighted by Gasteiger charge is -2.30. The number of benzene rings is 3. The normalized spacial score (nSPS) is 15.1. The average molecular weight is 453 g/mol. The molecule has 0 saturated carbocycles. The van der Waals surface area contributed by atoms with Gasteiger partial charge in [-0.2, -0.15) is 0 Å². The molecule has 1 amide bonds. The van der Waals surface area contributed by atoms with E-state index in [1.54, 1.807) is 0 Å². The zero-order valence-corrected chi connectivity index (χ0v) is 19.1. The summed E-state index contributed by atoms with van der Waals surface area (Å²) in [5.74, 6) is -0.840. The lowest BCUT2D eigenvalue weighted by atomic mass is 9.85. The van der Waals surface area contributed by atoms with Crippen molar-refractivity contribution in [1.29, 1.82) is 0 Å². The van der Waals surface area contributed by atoms with Crippen LogP contribution in [-0.4, -0.2) is 28.1 Å². The number of para-hydroxylation sites is 2. The number of carbonyl (C=O) groups excluding carboxylic acids is 1. The first-order chi connectivity index (χ1) is 16.6. The number of aliphatic carboxylic acids is 1. The summed E-state index contributed by atoms with van der Waals surface area (Å²) in [4.78, 5) is 27.3. The molecule has 5 heteroatoms. The van der Waals surface area contributed by atoms with Crippen molar-refractivity contribution in [2.24, 2.45) is 5.92 Å². The average Bonchev–Trinajstić information content (AvgIpc) is 3.18. The van der Waals surface area contributed by atoms with Crippen LogP contribution in [0.4, 0.5) is 5.69 Å². The van der Waals surface area contributed by atoms with E-state index in [4.69, 9.17) is 0 Å². The van der Waals surface area contributed by atoms with Crippen LogP contribution in [0.3, 0.4) is 0 Å². The minimum absolute atomic E-state index is 0.0539. The summed E-state index contributed by atoms with van der Waals surface area (Å²) in [5, 5.41) is 10.5. The second kappa shape index (κ2) is 9.56. The molecule has 0 bridgehead atoms. The summed E-state index contributed by atoms with van der Waals surface area (Å²) in [6.07, 6.45) is 2.85. The van der Waals surface area contributed by atoms with Crippen molar-refractivity contribution in [1.82, 2.24) is 4.57 Å². The minimum Gasteiger partial charge on any atom is -0.480 e. The summed E-state index contributed by atoms with van der Waals surface area (Å²) in [6.45, 7) is 0.568. The van der Waals surface area contributed by atoms with Crippen LogP contribution in [-0.2, 0) is 35.4 Å². The van der Waals surface area contributed by atoms with E-state index in [2.05, 4.69) is 12.1 Å². The molecule has 0 fully saturated rings. The van der Waals surface area contributed by atoms with E-state index >= 15 is 0 Å². The lowest BCUT2D eigenvalue weighted by Crippen LogP contribution is -2.40. The third-order valence-electron chi connectivity index (χ3n) is 6.82. The van der Waals surface area contributed by atoms with Gasteiger partial charge < -0.3 is 14.6 Å². The van der Waals surface area contributed by atoms with Crippen molar-refractivity contribution in [3.05, 3.63) is 102 Å². The number of hydrogen-bond acceptors (Lipinski definition) is 2. The number of carboxylic acids is 1. The van der Waals surface area contributed by atoms with E-state index in [-0.39, 0.29) is 18.4 Å². The van der Waals surface area contributed by atoms with Crippen LogP contribution in [0.2, 0.25) is 0 Å². The Kier molecular flexibility index (Phi) is 6.17. The summed E-state index contributed by atoms with van der Waals surface area (Å²) >= 11 is 0. The van der Waals surface area contributed by atoms with Gasteiger partial charge in [-0.25, -0.2) is 0 Å². The highest BCUT2D eigenvalue weighted by molar-refractivity contribution is 5.96. The van der Waals surface area contributed by atoms with Crippen molar-refractivity contribution in [3.8, 4) is 0 Å². The van der Waals surface area contributed by atoms with Gasteiger partial charge in [0.25, 0.3) is 0 Å². The van der Waals surface area contributed by atoms with Crippen molar-refractivity contribution >= 4 is 28.5 Å². The molecule has 0 radical (unpaired) electrons. The van der Waals surface area contributed by atoms with E-state index in [0.717, 1.165) is 40.7 Å². The molecule has 0 spiro atoms. The van der Waals surface area contributed by atoms with Gasteiger partial charge in [0.2, 0.25) is 5.91 Å². The molecule has 1 aliphatic rings. The standard InChI is InChI=1S/C29H28N2O3/c32-28(33)20-31-26-14-8-7-13-24(26)25-19-22(15-16-27(25)31)29(34)30(23-11-5-2-6-12-23)18-17-21-9-3-1-4-10-21/h1-14,22H,15-20H2,(H,32,33). The molecule has 0 saturated heterocycles.